The molecule has 0 spiro atoms. The zero-order valence-corrected chi connectivity index (χ0v) is 13.6. The van der Waals surface area contributed by atoms with Crippen molar-refractivity contribution in [2.24, 2.45) is 10.2 Å². The summed E-state index contributed by atoms with van der Waals surface area (Å²) in [5, 5.41) is 16.2. The van der Waals surface area contributed by atoms with E-state index in [9.17, 15) is 31.9 Å². The van der Waals surface area contributed by atoms with Crippen LogP contribution in [0, 0.1) is 5.82 Å². The number of nitrogens with zero attached hydrogens (tertiary/aromatic N) is 2. The van der Waals surface area contributed by atoms with E-state index in [0.29, 0.717) is 12.1 Å². The van der Waals surface area contributed by atoms with Gasteiger partial charge in [0, 0.05) is 19.2 Å². The van der Waals surface area contributed by atoms with E-state index >= 15 is 0 Å². The van der Waals surface area contributed by atoms with Crippen LogP contribution in [-0.4, -0.2) is 44.1 Å². The molecule has 1 aliphatic rings. The summed E-state index contributed by atoms with van der Waals surface area (Å²) < 4.78 is 83.0. The number of benzene rings is 1. The molecule has 27 heavy (non-hydrogen) atoms. The Morgan fingerprint density at radius 3 is 2.22 bits per heavy atom. The molecule has 0 atom stereocenters. The molecule has 1 aromatic rings. The predicted octanol–water partition coefficient (Wildman–Crippen LogP) is 3.46. The fourth-order valence-corrected chi connectivity index (χ4v) is 1.78. The van der Waals surface area contributed by atoms with E-state index in [-0.39, 0.29) is 0 Å². The average Bonchev–Trinajstić information content (AvgIpc) is 2.56. The topological polar surface area (TPSA) is 98.9 Å². The second-order valence-electron chi connectivity index (χ2n) is 4.91. The Hall–Kier alpha value is -2.96. The van der Waals surface area contributed by atoms with E-state index in [1.165, 1.54) is 7.11 Å². The van der Waals surface area contributed by atoms with Crippen molar-refractivity contribution in [3.63, 3.8) is 0 Å². The molecule has 1 aliphatic heterocycles. The van der Waals surface area contributed by atoms with Crippen LogP contribution >= 0.6 is 0 Å². The number of rotatable bonds is 5. The van der Waals surface area contributed by atoms with Gasteiger partial charge in [-0.2, -0.15) is 17.6 Å². The molecule has 0 aliphatic carbocycles. The number of ether oxygens (including phenoxy) is 4. The Kier molecular flexibility index (Phi) is 5.54. The number of halogens is 5. The molecular formula is C14H11F5N2O6. The van der Waals surface area contributed by atoms with E-state index < -0.39 is 59.3 Å². The standard InChI is InChI=1S/C14H11F5N2O6/c1-24-5-8(22)11(12(23)25-2)21-20-7-4-10-9(3-6(7)15)26-13(16,17)14(18,19)27-10/h3-4,22H,5H2,1-2H3/b11-8+,21-20?. The summed E-state index contributed by atoms with van der Waals surface area (Å²) >= 11 is 0. The number of aliphatic hydroxyl groups is 1. The van der Waals surface area contributed by atoms with Crippen molar-refractivity contribution < 1.29 is 50.8 Å². The summed E-state index contributed by atoms with van der Waals surface area (Å²) in [5.41, 5.74) is -1.53. The van der Waals surface area contributed by atoms with Crippen molar-refractivity contribution in [1.82, 2.24) is 0 Å². The van der Waals surface area contributed by atoms with E-state index in [0.717, 1.165) is 7.11 Å². The first-order chi connectivity index (χ1) is 12.5. The van der Waals surface area contributed by atoms with E-state index in [1.54, 1.807) is 0 Å². The molecular weight excluding hydrogens is 387 g/mol. The molecule has 1 heterocycles. The molecule has 0 radical (unpaired) electrons. The number of fused-ring (bicyclic) bond motifs is 1. The van der Waals surface area contributed by atoms with Gasteiger partial charge in [-0.05, 0) is 0 Å². The summed E-state index contributed by atoms with van der Waals surface area (Å²) in [6, 6.07) is 0.822. The average molecular weight is 398 g/mol. The lowest BCUT2D eigenvalue weighted by atomic mass is 10.2. The van der Waals surface area contributed by atoms with Crippen molar-refractivity contribution in [2.45, 2.75) is 12.2 Å². The monoisotopic (exact) mass is 398 g/mol. The van der Waals surface area contributed by atoms with Crippen LogP contribution in [0.4, 0.5) is 27.6 Å². The molecule has 0 saturated carbocycles. The maximum atomic E-state index is 14.0. The zero-order chi connectivity index (χ0) is 20.4. The maximum Gasteiger partial charge on any atom is 0.507 e. The van der Waals surface area contributed by atoms with Crippen LogP contribution in [0.25, 0.3) is 0 Å². The van der Waals surface area contributed by atoms with Gasteiger partial charge in [0.15, 0.2) is 23.1 Å². The first-order valence-electron chi connectivity index (χ1n) is 6.90. The van der Waals surface area contributed by atoms with Gasteiger partial charge in [-0.25, -0.2) is 9.18 Å². The third kappa shape index (κ3) is 4.07. The molecule has 148 valence electrons. The van der Waals surface area contributed by atoms with E-state index in [4.69, 9.17) is 0 Å². The first-order valence-corrected chi connectivity index (χ1v) is 6.90. The minimum absolute atomic E-state index is 0.323. The van der Waals surface area contributed by atoms with Gasteiger partial charge in [0.25, 0.3) is 0 Å². The fourth-order valence-electron chi connectivity index (χ4n) is 1.78. The lowest BCUT2D eigenvalue weighted by Crippen LogP contribution is -2.52. The smallest absolute Gasteiger partial charge is 0.507 e. The predicted molar refractivity (Wildman–Crippen MR) is 75.6 cm³/mol. The first kappa shape index (κ1) is 20.4. The lowest BCUT2D eigenvalue weighted by molar-refractivity contribution is -0.391. The van der Waals surface area contributed by atoms with Gasteiger partial charge in [-0.3, -0.25) is 0 Å². The zero-order valence-electron chi connectivity index (χ0n) is 13.6. The second-order valence-corrected chi connectivity index (χ2v) is 4.91. The third-order valence-corrected chi connectivity index (χ3v) is 3.02. The third-order valence-electron chi connectivity index (χ3n) is 3.02. The molecule has 0 aromatic heterocycles. The number of alkyl halides is 4. The SMILES string of the molecule is COC/C(O)=C(\N=Nc1cc2c(cc1F)OC(F)(F)C(F)(F)O2)C(=O)OC. The Morgan fingerprint density at radius 1 is 1.15 bits per heavy atom. The number of carbonyl (C=O) groups is 1. The second kappa shape index (κ2) is 7.34. The Labute approximate surface area is 147 Å². The molecule has 0 bridgehead atoms. The molecule has 1 aromatic carbocycles. The maximum absolute atomic E-state index is 14.0. The fraction of sp³-hybridized carbons (Fsp3) is 0.357. The summed E-state index contributed by atoms with van der Waals surface area (Å²) in [4.78, 5) is 11.6. The molecule has 0 fully saturated rings. The van der Waals surface area contributed by atoms with Crippen LogP contribution in [0.3, 0.4) is 0 Å². The number of hydrogen-bond acceptors (Lipinski definition) is 8. The molecule has 0 unspecified atom stereocenters. The van der Waals surface area contributed by atoms with Gasteiger partial charge in [-0.1, -0.05) is 0 Å². The number of esters is 1. The summed E-state index contributed by atoms with van der Waals surface area (Å²) in [5.74, 6) is -5.11. The van der Waals surface area contributed by atoms with E-state index in [2.05, 4.69) is 29.2 Å². The van der Waals surface area contributed by atoms with Gasteiger partial charge in [-0.15, -0.1) is 10.2 Å². The van der Waals surface area contributed by atoms with E-state index in [1.807, 2.05) is 0 Å². The van der Waals surface area contributed by atoms with Gasteiger partial charge < -0.3 is 24.1 Å². The van der Waals surface area contributed by atoms with Gasteiger partial charge in [0.2, 0.25) is 5.70 Å². The van der Waals surface area contributed by atoms with Crippen LogP contribution in [0.15, 0.2) is 33.8 Å². The van der Waals surface area contributed by atoms with Crippen LogP contribution in [0.2, 0.25) is 0 Å². The van der Waals surface area contributed by atoms with Crippen molar-refractivity contribution in [2.75, 3.05) is 20.8 Å². The number of hydrogen-bond donors (Lipinski definition) is 1. The highest BCUT2D eigenvalue weighted by molar-refractivity contribution is 5.88. The molecule has 1 N–H and O–H groups in total. The van der Waals surface area contributed by atoms with Crippen LogP contribution in [-0.2, 0) is 14.3 Å². The Morgan fingerprint density at radius 2 is 1.70 bits per heavy atom. The van der Waals surface area contributed by atoms with Crippen LogP contribution < -0.4 is 9.47 Å². The number of methoxy groups -OCH3 is 2. The highest BCUT2D eigenvalue weighted by atomic mass is 19.3. The number of carbonyl (C=O) groups excluding carboxylic acids is 1. The minimum atomic E-state index is -5.01. The summed E-state index contributed by atoms with van der Waals surface area (Å²) in [7, 11) is 2.16. The summed E-state index contributed by atoms with van der Waals surface area (Å²) in [6.07, 6.45) is -10.0. The highest BCUT2D eigenvalue weighted by Crippen LogP contribution is 2.48. The van der Waals surface area contributed by atoms with Crippen molar-refractivity contribution in [3.05, 3.63) is 29.4 Å². The molecule has 0 amide bonds. The molecule has 0 saturated heterocycles. The molecule has 13 heteroatoms. The Balaban J connectivity index is 2.42. The van der Waals surface area contributed by atoms with Gasteiger partial charge in [0.05, 0.1) is 7.11 Å². The molecule has 2 rings (SSSR count). The largest absolute Gasteiger partial charge is 0.507 e. The van der Waals surface area contributed by atoms with Crippen molar-refractivity contribution in [1.29, 1.82) is 0 Å². The number of azo groups is 1. The quantitative estimate of drug-likeness (QED) is 0.268. The highest BCUT2D eigenvalue weighted by Gasteiger charge is 2.66. The van der Waals surface area contributed by atoms with Crippen molar-refractivity contribution >= 4 is 11.7 Å². The molecule has 8 nitrogen and oxygen atoms in total. The normalized spacial score (nSPS) is 18.2. The lowest BCUT2D eigenvalue weighted by Gasteiger charge is -2.31. The van der Waals surface area contributed by atoms with Gasteiger partial charge >= 0.3 is 18.2 Å². The summed E-state index contributed by atoms with van der Waals surface area (Å²) in [6.45, 7) is -0.464. The van der Waals surface area contributed by atoms with Crippen LogP contribution in [0.5, 0.6) is 11.5 Å². The number of aliphatic hydroxyl groups excluding tert-OH is 1. The Bertz CT molecular complexity index is 811. The van der Waals surface area contributed by atoms with Gasteiger partial charge in [0.1, 0.15) is 12.3 Å². The minimum Gasteiger partial charge on any atom is -0.507 e. The van der Waals surface area contributed by atoms with Crippen molar-refractivity contribution in [3.8, 4) is 11.5 Å². The van der Waals surface area contributed by atoms with Crippen LogP contribution in [0.1, 0.15) is 0 Å².